The monoisotopic (exact) mass is 246 g/mol. The van der Waals surface area contributed by atoms with Crippen LogP contribution in [0.5, 0.6) is 0 Å². The number of nitrogens with one attached hydrogen (secondary N) is 1. The second-order valence-corrected chi connectivity index (χ2v) is 4.80. The minimum Gasteiger partial charge on any atom is -0.392 e. The smallest absolute Gasteiger partial charge is 0.273 e. The van der Waals surface area contributed by atoms with E-state index in [-0.39, 0.29) is 17.9 Å². The Bertz CT molecular complexity index is 488. The second kappa shape index (κ2) is 4.80. The van der Waals surface area contributed by atoms with Gasteiger partial charge in [-0.05, 0) is 31.9 Å². The van der Waals surface area contributed by atoms with Crippen LogP contribution in [0.1, 0.15) is 25.0 Å². The van der Waals surface area contributed by atoms with Crippen molar-refractivity contribution in [1.82, 2.24) is 0 Å². The minimum absolute atomic E-state index is 0.0225. The molecule has 1 heterocycles. The molecular formula is C14H18N2O2. The number of aryl methyl sites for hydroxylation is 2. The van der Waals surface area contributed by atoms with Crippen LogP contribution in [0.15, 0.2) is 23.4 Å². The molecule has 1 N–H and O–H groups in total. The van der Waals surface area contributed by atoms with E-state index in [1.807, 2.05) is 45.9 Å². The number of oxime groups is 1. The van der Waals surface area contributed by atoms with Crippen molar-refractivity contribution >= 4 is 17.3 Å². The van der Waals surface area contributed by atoms with Crippen LogP contribution < -0.4 is 5.32 Å². The molecule has 2 unspecified atom stereocenters. The number of para-hydroxylation sites is 1. The molecule has 1 aliphatic heterocycles. The topological polar surface area (TPSA) is 50.7 Å². The molecule has 1 amide bonds. The summed E-state index contributed by atoms with van der Waals surface area (Å²) >= 11 is 0. The number of rotatable bonds is 2. The standard InChI is InChI=1S/C14H18N2O2/c1-8-6-5-7-9(2)12(8)15-14(17)13-10(3)11(4)18-16-13/h5-7,10-11H,1-4H3,(H,15,17). The van der Waals surface area contributed by atoms with Gasteiger partial charge in [-0.2, -0.15) is 0 Å². The Morgan fingerprint density at radius 1 is 1.28 bits per heavy atom. The van der Waals surface area contributed by atoms with Gasteiger partial charge in [0.25, 0.3) is 5.91 Å². The van der Waals surface area contributed by atoms with Gasteiger partial charge in [-0.15, -0.1) is 0 Å². The Hall–Kier alpha value is -1.84. The molecule has 0 radical (unpaired) electrons. The lowest BCUT2D eigenvalue weighted by atomic mass is 10.00. The zero-order chi connectivity index (χ0) is 13.3. The molecule has 0 spiro atoms. The molecule has 0 aliphatic carbocycles. The van der Waals surface area contributed by atoms with Crippen molar-refractivity contribution in [3.8, 4) is 0 Å². The average Bonchev–Trinajstić information content (AvgIpc) is 2.65. The summed E-state index contributed by atoms with van der Waals surface area (Å²) in [7, 11) is 0. The summed E-state index contributed by atoms with van der Waals surface area (Å²) in [6.07, 6.45) is -0.0382. The summed E-state index contributed by atoms with van der Waals surface area (Å²) in [5.74, 6) is -0.154. The normalized spacial score (nSPS) is 22.3. The van der Waals surface area contributed by atoms with E-state index in [2.05, 4.69) is 10.5 Å². The third-order valence-corrected chi connectivity index (χ3v) is 3.41. The minimum atomic E-state index is -0.177. The van der Waals surface area contributed by atoms with Crippen LogP contribution in [0.2, 0.25) is 0 Å². The summed E-state index contributed by atoms with van der Waals surface area (Å²) < 4.78 is 0. The van der Waals surface area contributed by atoms with Crippen molar-refractivity contribution in [2.75, 3.05) is 5.32 Å². The molecule has 0 saturated heterocycles. The van der Waals surface area contributed by atoms with Gasteiger partial charge in [0, 0.05) is 11.6 Å². The first-order valence-electron chi connectivity index (χ1n) is 6.12. The van der Waals surface area contributed by atoms with Crippen molar-refractivity contribution in [2.45, 2.75) is 33.8 Å². The quantitative estimate of drug-likeness (QED) is 0.872. The Kier molecular flexibility index (Phi) is 3.36. The Balaban J connectivity index is 2.18. The molecule has 0 saturated carbocycles. The number of anilines is 1. The van der Waals surface area contributed by atoms with E-state index in [0.29, 0.717) is 5.71 Å². The fourth-order valence-electron chi connectivity index (χ4n) is 1.97. The van der Waals surface area contributed by atoms with Crippen molar-refractivity contribution in [2.24, 2.45) is 11.1 Å². The van der Waals surface area contributed by atoms with Crippen LogP contribution in [0.3, 0.4) is 0 Å². The lowest BCUT2D eigenvalue weighted by Crippen LogP contribution is -2.29. The lowest BCUT2D eigenvalue weighted by Gasteiger charge is -2.13. The van der Waals surface area contributed by atoms with Crippen LogP contribution in [-0.2, 0) is 9.63 Å². The van der Waals surface area contributed by atoms with E-state index >= 15 is 0 Å². The maximum atomic E-state index is 12.2. The molecule has 96 valence electrons. The zero-order valence-electron chi connectivity index (χ0n) is 11.2. The van der Waals surface area contributed by atoms with E-state index in [9.17, 15) is 4.79 Å². The largest absolute Gasteiger partial charge is 0.392 e. The van der Waals surface area contributed by atoms with Gasteiger partial charge >= 0.3 is 0 Å². The number of hydrogen-bond acceptors (Lipinski definition) is 3. The summed E-state index contributed by atoms with van der Waals surface area (Å²) in [5.41, 5.74) is 3.41. The van der Waals surface area contributed by atoms with Gasteiger partial charge in [0.05, 0.1) is 0 Å². The third-order valence-electron chi connectivity index (χ3n) is 3.41. The van der Waals surface area contributed by atoms with Crippen molar-refractivity contribution < 1.29 is 9.63 Å². The average molecular weight is 246 g/mol. The van der Waals surface area contributed by atoms with Gasteiger partial charge in [-0.3, -0.25) is 4.79 Å². The highest BCUT2D eigenvalue weighted by Gasteiger charge is 2.31. The highest BCUT2D eigenvalue weighted by molar-refractivity contribution is 6.44. The van der Waals surface area contributed by atoms with Crippen LogP contribution in [0.4, 0.5) is 5.69 Å². The number of nitrogens with zero attached hydrogens (tertiary/aromatic N) is 1. The van der Waals surface area contributed by atoms with Gasteiger partial charge in [-0.25, -0.2) is 0 Å². The highest BCUT2D eigenvalue weighted by Crippen LogP contribution is 2.22. The zero-order valence-corrected chi connectivity index (χ0v) is 11.2. The molecule has 0 aromatic heterocycles. The molecule has 2 rings (SSSR count). The van der Waals surface area contributed by atoms with Crippen LogP contribution in [-0.4, -0.2) is 17.7 Å². The highest BCUT2D eigenvalue weighted by atomic mass is 16.6. The number of carbonyl (C=O) groups is 1. The predicted molar refractivity (Wildman–Crippen MR) is 71.7 cm³/mol. The number of amides is 1. The maximum Gasteiger partial charge on any atom is 0.273 e. The molecule has 1 aromatic carbocycles. The molecule has 1 aliphatic rings. The number of carbonyl (C=O) groups excluding carboxylic acids is 1. The van der Waals surface area contributed by atoms with E-state index in [1.54, 1.807) is 0 Å². The Labute approximate surface area is 107 Å². The van der Waals surface area contributed by atoms with Crippen molar-refractivity contribution in [1.29, 1.82) is 0 Å². The van der Waals surface area contributed by atoms with Gasteiger partial charge in [-0.1, -0.05) is 30.3 Å². The van der Waals surface area contributed by atoms with E-state index in [4.69, 9.17) is 4.84 Å². The van der Waals surface area contributed by atoms with Crippen molar-refractivity contribution in [3.63, 3.8) is 0 Å². The molecular weight excluding hydrogens is 228 g/mol. The van der Waals surface area contributed by atoms with Crippen LogP contribution >= 0.6 is 0 Å². The summed E-state index contributed by atoms with van der Waals surface area (Å²) in [4.78, 5) is 17.3. The van der Waals surface area contributed by atoms with Crippen LogP contribution in [0, 0.1) is 19.8 Å². The maximum absolute atomic E-state index is 12.2. The fraction of sp³-hybridized carbons (Fsp3) is 0.429. The lowest BCUT2D eigenvalue weighted by molar-refractivity contribution is -0.110. The summed E-state index contributed by atoms with van der Waals surface area (Å²) in [5, 5.41) is 6.78. The molecule has 2 atom stereocenters. The predicted octanol–water partition coefficient (Wildman–Crippen LogP) is 2.65. The first kappa shape index (κ1) is 12.6. The SMILES string of the molecule is Cc1cccc(C)c1NC(=O)C1=NOC(C)C1C. The van der Waals surface area contributed by atoms with E-state index in [1.165, 1.54) is 0 Å². The third kappa shape index (κ3) is 2.23. The number of hydrogen-bond donors (Lipinski definition) is 1. The summed E-state index contributed by atoms with van der Waals surface area (Å²) in [6.45, 7) is 7.80. The Morgan fingerprint density at radius 2 is 1.89 bits per heavy atom. The van der Waals surface area contributed by atoms with Crippen molar-refractivity contribution in [3.05, 3.63) is 29.3 Å². The second-order valence-electron chi connectivity index (χ2n) is 4.80. The molecule has 4 heteroatoms. The van der Waals surface area contributed by atoms with Crippen LogP contribution in [0.25, 0.3) is 0 Å². The first-order valence-corrected chi connectivity index (χ1v) is 6.12. The molecule has 0 fully saturated rings. The molecule has 1 aromatic rings. The van der Waals surface area contributed by atoms with E-state index in [0.717, 1.165) is 16.8 Å². The van der Waals surface area contributed by atoms with Gasteiger partial charge in [0.15, 0.2) is 5.71 Å². The molecule has 18 heavy (non-hydrogen) atoms. The van der Waals surface area contributed by atoms with E-state index < -0.39 is 0 Å². The van der Waals surface area contributed by atoms with Gasteiger partial charge in [0.2, 0.25) is 0 Å². The molecule has 4 nitrogen and oxygen atoms in total. The van der Waals surface area contributed by atoms with Gasteiger partial charge in [0.1, 0.15) is 6.10 Å². The summed E-state index contributed by atoms with van der Waals surface area (Å²) in [6, 6.07) is 5.92. The fourth-order valence-corrected chi connectivity index (χ4v) is 1.97. The first-order chi connectivity index (χ1) is 8.50. The Morgan fingerprint density at radius 3 is 2.39 bits per heavy atom. The molecule has 0 bridgehead atoms. The van der Waals surface area contributed by atoms with Gasteiger partial charge < -0.3 is 10.2 Å². The number of benzene rings is 1.